The van der Waals surface area contributed by atoms with Crippen molar-refractivity contribution in [3.05, 3.63) is 36.4 Å². The topological polar surface area (TPSA) is 32.7 Å². The monoisotopic (exact) mass is 301 g/mol. The number of halogens is 3. The van der Waals surface area contributed by atoms with E-state index in [9.17, 15) is 18.3 Å². The van der Waals surface area contributed by atoms with Crippen LogP contribution < -0.4 is 4.74 Å². The van der Waals surface area contributed by atoms with Gasteiger partial charge < -0.3 is 9.84 Å². The second kappa shape index (κ2) is 6.39. The van der Waals surface area contributed by atoms with Crippen LogP contribution in [0.1, 0.15) is 24.3 Å². The predicted octanol–water partition coefficient (Wildman–Crippen LogP) is 3.66. The minimum Gasteiger partial charge on any atom is -0.504 e. The molecule has 0 aliphatic carbocycles. The fraction of sp³-hybridized carbons (Fsp3) is 0.467. The molecule has 21 heavy (non-hydrogen) atoms. The molecular weight excluding hydrogens is 283 g/mol. The molecule has 0 unspecified atom stereocenters. The van der Waals surface area contributed by atoms with Gasteiger partial charge in [0.2, 0.25) is 0 Å². The molecule has 0 bridgehead atoms. The van der Waals surface area contributed by atoms with E-state index in [1.165, 1.54) is 6.07 Å². The smallest absolute Gasteiger partial charge is 0.504 e. The summed E-state index contributed by atoms with van der Waals surface area (Å²) in [6, 6.07) is 4.26. The molecule has 2 rings (SSSR count). The van der Waals surface area contributed by atoms with Crippen LogP contribution >= 0.6 is 0 Å². The lowest BCUT2D eigenvalue weighted by atomic mass is 9.88. The molecule has 0 radical (unpaired) electrons. The Labute approximate surface area is 121 Å². The van der Waals surface area contributed by atoms with Gasteiger partial charge in [0, 0.05) is 12.1 Å². The highest BCUT2D eigenvalue weighted by atomic mass is 19.4. The number of piperidine rings is 1. The van der Waals surface area contributed by atoms with E-state index in [0.717, 1.165) is 38.5 Å². The fourth-order valence-electron chi connectivity index (χ4n) is 2.68. The van der Waals surface area contributed by atoms with E-state index in [1.807, 2.05) is 6.08 Å². The van der Waals surface area contributed by atoms with Crippen molar-refractivity contribution in [1.82, 2.24) is 4.90 Å². The first-order valence-electron chi connectivity index (χ1n) is 6.81. The molecule has 1 fully saturated rings. The highest BCUT2D eigenvalue weighted by Crippen LogP contribution is 2.40. The number of benzene rings is 1. The summed E-state index contributed by atoms with van der Waals surface area (Å²) in [6.45, 7) is 6.16. The normalized spacial score (nSPS) is 17.7. The number of nitrogens with zero attached hydrogens (tertiary/aromatic N) is 1. The molecule has 0 amide bonds. The van der Waals surface area contributed by atoms with Crippen LogP contribution in [0.4, 0.5) is 13.2 Å². The average molecular weight is 301 g/mol. The summed E-state index contributed by atoms with van der Waals surface area (Å²) < 4.78 is 40.7. The maximum absolute atomic E-state index is 12.3. The first-order valence-corrected chi connectivity index (χ1v) is 6.81. The molecular formula is C15H18F3NO2. The third-order valence-electron chi connectivity index (χ3n) is 3.67. The van der Waals surface area contributed by atoms with Crippen molar-refractivity contribution in [2.75, 3.05) is 19.6 Å². The number of para-hydroxylation sites is 1. The first-order chi connectivity index (χ1) is 9.90. The van der Waals surface area contributed by atoms with Crippen LogP contribution in [0, 0.1) is 0 Å². The van der Waals surface area contributed by atoms with Gasteiger partial charge >= 0.3 is 6.36 Å². The Morgan fingerprint density at radius 1 is 1.33 bits per heavy atom. The third kappa shape index (κ3) is 4.14. The van der Waals surface area contributed by atoms with E-state index in [4.69, 9.17) is 0 Å². The van der Waals surface area contributed by atoms with Gasteiger partial charge in [-0.25, -0.2) is 0 Å². The van der Waals surface area contributed by atoms with E-state index in [2.05, 4.69) is 16.2 Å². The summed E-state index contributed by atoms with van der Waals surface area (Å²) in [5.74, 6) is -0.895. The summed E-state index contributed by atoms with van der Waals surface area (Å²) in [5.41, 5.74) is 0.523. The van der Waals surface area contributed by atoms with Crippen molar-refractivity contribution in [3.63, 3.8) is 0 Å². The molecule has 1 aromatic rings. The van der Waals surface area contributed by atoms with Crippen molar-refractivity contribution < 1.29 is 23.0 Å². The zero-order valence-electron chi connectivity index (χ0n) is 11.6. The zero-order valence-corrected chi connectivity index (χ0v) is 11.6. The van der Waals surface area contributed by atoms with Gasteiger partial charge in [-0.1, -0.05) is 18.2 Å². The standard InChI is InChI=1S/C15H18F3NO2/c1-2-8-19-9-6-11(7-10-19)12-4-3-5-13(14(12)20)21-15(16,17)18/h2-5,11,20H,1,6-10H2. The lowest BCUT2D eigenvalue weighted by molar-refractivity contribution is -0.275. The Morgan fingerprint density at radius 3 is 2.57 bits per heavy atom. The summed E-state index contributed by atoms with van der Waals surface area (Å²) in [5, 5.41) is 10.0. The third-order valence-corrected chi connectivity index (χ3v) is 3.67. The van der Waals surface area contributed by atoms with Crippen LogP contribution in [0.2, 0.25) is 0 Å². The zero-order chi connectivity index (χ0) is 15.5. The molecule has 0 aromatic heterocycles. The van der Waals surface area contributed by atoms with Gasteiger partial charge in [0.05, 0.1) is 0 Å². The van der Waals surface area contributed by atoms with Gasteiger partial charge in [0.1, 0.15) is 0 Å². The van der Waals surface area contributed by atoms with Gasteiger partial charge in [-0.3, -0.25) is 4.90 Å². The van der Waals surface area contributed by atoms with Crippen molar-refractivity contribution in [1.29, 1.82) is 0 Å². The number of aromatic hydroxyl groups is 1. The lowest BCUT2D eigenvalue weighted by Gasteiger charge is -2.31. The van der Waals surface area contributed by atoms with Crippen LogP contribution in [-0.2, 0) is 0 Å². The van der Waals surface area contributed by atoms with E-state index in [0.29, 0.717) is 5.56 Å². The highest BCUT2D eigenvalue weighted by molar-refractivity contribution is 5.47. The maximum atomic E-state index is 12.3. The molecule has 1 aliphatic rings. The number of likely N-dealkylation sites (tertiary alicyclic amines) is 1. The quantitative estimate of drug-likeness (QED) is 0.862. The lowest BCUT2D eigenvalue weighted by Crippen LogP contribution is -2.33. The Hall–Kier alpha value is -1.69. The molecule has 1 aliphatic heterocycles. The van der Waals surface area contributed by atoms with Gasteiger partial charge in [-0.15, -0.1) is 19.8 Å². The largest absolute Gasteiger partial charge is 0.573 e. The molecule has 1 saturated heterocycles. The molecule has 6 heteroatoms. The Kier molecular flexibility index (Phi) is 4.77. The molecule has 1 N–H and O–H groups in total. The van der Waals surface area contributed by atoms with Crippen molar-refractivity contribution in [2.45, 2.75) is 25.1 Å². The second-order valence-corrected chi connectivity index (χ2v) is 5.11. The van der Waals surface area contributed by atoms with E-state index >= 15 is 0 Å². The summed E-state index contributed by atoms with van der Waals surface area (Å²) in [7, 11) is 0. The van der Waals surface area contributed by atoms with E-state index in [-0.39, 0.29) is 5.92 Å². The number of hydrogen-bond acceptors (Lipinski definition) is 3. The van der Waals surface area contributed by atoms with Crippen LogP contribution in [0.3, 0.4) is 0 Å². The van der Waals surface area contributed by atoms with Crippen LogP contribution in [0.15, 0.2) is 30.9 Å². The Bertz CT molecular complexity index is 494. The molecule has 116 valence electrons. The SMILES string of the molecule is C=CCN1CCC(c2cccc(OC(F)(F)F)c2O)CC1. The average Bonchev–Trinajstić information content (AvgIpc) is 2.41. The minimum atomic E-state index is -4.80. The molecule has 0 atom stereocenters. The number of phenolic OH excluding ortho intramolecular Hbond substituents is 1. The van der Waals surface area contributed by atoms with Crippen LogP contribution in [-0.4, -0.2) is 36.0 Å². The minimum absolute atomic E-state index is 0.0443. The number of hydrogen-bond donors (Lipinski definition) is 1. The molecule has 3 nitrogen and oxygen atoms in total. The van der Waals surface area contributed by atoms with Crippen molar-refractivity contribution in [3.8, 4) is 11.5 Å². The second-order valence-electron chi connectivity index (χ2n) is 5.11. The fourth-order valence-corrected chi connectivity index (χ4v) is 2.68. The Balaban J connectivity index is 2.11. The van der Waals surface area contributed by atoms with Crippen LogP contribution in [0.25, 0.3) is 0 Å². The van der Waals surface area contributed by atoms with Crippen LogP contribution in [0.5, 0.6) is 11.5 Å². The molecule has 1 heterocycles. The number of phenols is 1. The van der Waals surface area contributed by atoms with E-state index in [1.54, 1.807) is 6.07 Å². The van der Waals surface area contributed by atoms with Gasteiger partial charge in [0.25, 0.3) is 0 Å². The summed E-state index contributed by atoms with van der Waals surface area (Å²) in [6.07, 6.45) is -1.40. The predicted molar refractivity (Wildman–Crippen MR) is 73.4 cm³/mol. The number of ether oxygens (including phenoxy) is 1. The number of rotatable bonds is 4. The van der Waals surface area contributed by atoms with Gasteiger partial charge in [0.15, 0.2) is 11.5 Å². The maximum Gasteiger partial charge on any atom is 0.573 e. The van der Waals surface area contributed by atoms with Gasteiger partial charge in [-0.05, 0) is 37.9 Å². The van der Waals surface area contributed by atoms with Crippen molar-refractivity contribution in [2.24, 2.45) is 0 Å². The number of alkyl halides is 3. The summed E-state index contributed by atoms with van der Waals surface area (Å²) >= 11 is 0. The molecule has 0 spiro atoms. The van der Waals surface area contributed by atoms with Crippen molar-refractivity contribution >= 4 is 0 Å². The Morgan fingerprint density at radius 2 is 2.00 bits per heavy atom. The molecule has 0 saturated carbocycles. The summed E-state index contributed by atoms with van der Waals surface area (Å²) in [4.78, 5) is 2.22. The van der Waals surface area contributed by atoms with E-state index < -0.39 is 17.9 Å². The molecule has 1 aromatic carbocycles. The first kappa shape index (κ1) is 15.7. The highest BCUT2D eigenvalue weighted by Gasteiger charge is 2.33. The van der Waals surface area contributed by atoms with Gasteiger partial charge in [-0.2, -0.15) is 0 Å².